The molecule has 9 heteroatoms. The monoisotopic (exact) mass is 507 g/mol. The highest BCUT2D eigenvalue weighted by Gasteiger charge is 2.61. The van der Waals surface area contributed by atoms with Crippen LogP contribution in [0.15, 0.2) is 36.0 Å². The molecule has 3 aliphatic rings. The summed E-state index contributed by atoms with van der Waals surface area (Å²) in [4.78, 5) is 23.3. The molecule has 9 nitrogen and oxygen atoms in total. The molecule has 1 spiro atoms. The van der Waals surface area contributed by atoms with Crippen molar-refractivity contribution in [3.8, 4) is 0 Å². The minimum Gasteiger partial charge on any atom is -0.459 e. The Balaban J connectivity index is 1.49. The number of allylic oxidation sites excluding steroid dienone is 2. The second-order valence-corrected chi connectivity index (χ2v) is 10.7. The van der Waals surface area contributed by atoms with Gasteiger partial charge in [-0.2, -0.15) is 0 Å². The molecule has 36 heavy (non-hydrogen) atoms. The Morgan fingerprint density at radius 3 is 2.58 bits per heavy atom. The molecule has 0 aromatic heterocycles. The molecule has 0 radical (unpaired) electrons. The minimum absolute atomic E-state index is 0.0106. The molecule has 3 aliphatic heterocycles. The first-order valence-corrected chi connectivity index (χ1v) is 12.7. The molecule has 0 saturated carbocycles. The number of amides is 1. The molecule has 1 amide bonds. The molecule has 3 saturated heterocycles. The fourth-order valence-electron chi connectivity index (χ4n) is 4.95. The summed E-state index contributed by atoms with van der Waals surface area (Å²) in [7, 11) is 0. The summed E-state index contributed by atoms with van der Waals surface area (Å²) in [5, 5.41) is 23.9. The van der Waals surface area contributed by atoms with Crippen LogP contribution in [-0.2, 0) is 28.5 Å². The van der Waals surface area contributed by atoms with Gasteiger partial charge < -0.3 is 34.5 Å². The van der Waals surface area contributed by atoms with E-state index >= 15 is 0 Å². The lowest BCUT2D eigenvalue weighted by molar-refractivity contribution is -0.272. The van der Waals surface area contributed by atoms with Gasteiger partial charge in [0.2, 0.25) is 5.91 Å². The second kappa shape index (κ2) is 11.6. The number of nitrogens with one attached hydrogen (secondary N) is 1. The predicted octanol–water partition coefficient (Wildman–Crippen LogP) is 2.31. The van der Waals surface area contributed by atoms with Crippen molar-refractivity contribution >= 4 is 11.9 Å². The number of aliphatic hydroxyl groups is 2. The van der Waals surface area contributed by atoms with Crippen LogP contribution in [0.25, 0.3) is 0 Å². The summed E-state index contributed by atoms with van der Waals surface area (Å²) in [5.74, 6) is -1.75. The van der Waals surface area contributed by atoms with E-state index in [2.05, 4.69) is 18.3 Å². The van der Waals surface area contributed by atoms with E-state index in [1.54, 1.807) is 26.0 Å². The van der Waals surface area contributed by atoms with Crippen molar-refractivity contribution in [1.29, 1.82) is 0 Å². The van der Waals surface area contributed by atoms with Crippen molar-refractivity contribution in [1.82, 2.24) is 5.32 Å². The number of hydrogen-bond acceptors (Lipinski definition) is 8. The zero-order valence-electron chi connectivity index (χ0n) is 22.1. The molecular weight excluding hydrogens is 466 g/mol. The number of rotatable bonds is 8. The van der Waals surface area contributed by atoms with E-state index < -0.39 is 35.7 Å². The largest absolute Gasteiger partial charge is 0.459 e. The zero-order chi connectivity index (χ0) is 26.7. The number of epoxide rings is 1. The van der Waals surface area contributed by atoms with Crippen molar-refractivity contribution in [2.45, 2.75) is 109 Å². The van der Waals surface area contributed by atoms with Crippen molar-refractivity contribution in [3.63, 3.8) is 0 Å². The smallest absolute Gasteiger partial charge is 0.303 e. The Hall–Kier alpha value is -2.04. The molecule has 0 bridgehead atoms. The van der Waals surface area contributed by atoms with E-state index in [0.29, 0.717) is 13.0 Å². The number of esters is 1. The lowest BCUT2D eigenvalue weighted by atomic mass is 9.87. The molecule has 0 unspecified atom stereocenters. The standard InChI is InChI=1S/C27H41NO8/c1-16(8-11-23-25(31)27(15-33-27)14-26(6,32)36-23)7-10-22-17(2)13-21(19(4)35-22)28-24(30)12-9-18(3)34-20(5)29/h7-9,11-12,17-19,21-23,25,31-32H,10,13-15H2,1-6H3,(H,28,30)/b11-8+,12-9-,16-7+/t17-,18-,19+,21-,22-,23+,25+,26-,27+/m0/s1. The zero-order valence-corrected chi connectivity index (χ0v) is 22.1. The summed E-state index contributed by atoms with van der Waals surface area (Å²) >= 11 is 0. The Morgan fingerprint density at radius 1 is 1.25 bits per heavy atom. The number of aliphatic hydroxyl groups excluding tert-OH is 1. The molecule has 0 aliphatic carbocycles. The number of ether oxygens (including phenoxy) is 4. The van der Waals surface area contributed by atoms with Crippen LogP contribution >= 0.6 is 0 Å². The van der Waals surface area contributed by atoms with Crippen LogP contribution in [0.4, 0.5) is 0 Å². The highest BCUT2D eigenvalue weighted by atomic mass is 16.7. The highest BCUT2D eigenvalue weighted by Crippen LogP contribution is 2.45. The van der Waals surface area contributed by atoms with Crippen LogP contribution in [0.2, 0.25) is 0 Å². The Kier molecular flexibility index (Phi) is 9.16. The molecule has 3 rings (SSSR count). The van der Waals surface area contributed by atoms with Crippen molar-refractivity contribution in [2.75, 3.05) is 6.61 Å². The average molecular weight is 508 g/mol. The van der Waals surface area contributed by atoms with Crippen LogP contribution in [0.1, 0.15) is 60.8 Å². The first-order valence-electron chi connectivity index (χ1n) is 12.7. The van der Waals surface area contributed by atoms with Crippen LogP contribution in [-0.4, -0.2) is 76.6 Å². The minimum atomic E-state index is -1.34. The van der Waals surface area contributed by atoms with Crippen molar-refractivity contribution in [3.05, 3.63) is 36.0 Å². The number of hydrogen-bond donors (Lipinski definition) is 3. The maximum Gasteiger partial charge on any atom is 0.303 e. The molecule has 3 fully saturated rings. The third kappa shape index (κ3) is 7.73. The fourth-order valence-corrected chi connectivity index (χ4v) is 4.95. The maximum absolute atomic E-state index is 12.3. The van der Waals surface area contributed by atoms with E-state index in [4.69, 9.17) is 18.9 Å². The summed E-state index contributed by atoms with van der Waals surface area (Å²) in [6, 6.07) is -0.114. The third-order valence-corrected chi connectivity index (χ3v) is 7.02. The average Bonchev–Trinajstić information content (AvgIpc) is 3.54. The third-order valence-electron chi connectivity index (χ3n) is 7.02. The van der Waals surface area contributed by atoms with Gasteiger partial charge in [0, 0.05) is 19.4 Å². The molecule has 3 heterocycles. The van der Waals surface area contributed by atoms with Gasteiger partial charge in [-0.15, -0.1) is 0 Å². The quantitative estimate of drug-likeness (QED) is 0.198. The van der Waals surface area contributed by atoms with E-state index in [9.17, 15) is 19.8 Å². The molecule has 0 aromatic rings. The van der Waals surface area contributed by atoms with Crippen molar-refractivity contribution < 1.29 is 38.7 Å². The van der Waals surface area contributed by atoms with Crippen LogP contribution < -0.4 is 5.32 Å². The van der Waals surface area contributed by atoms with Gasteiger partial charge in [0.25, 0.3) is 0 Å². The molecule has 202 valence electrons. The Bertz CT molecular complexity index is 890. The lowest BCUT2D eigenvalue weighted by Gasteiger charge is -2.40. The lowest BCUT2D eigenvalue weighted by Crippen LogP contribution is -2.54. The van der Waals surface area contributed by atoms with Gasteiger partial charge in [-0.25, -0.2) is 0 Å². The van der Waals surface area contributed by atoms with E-state index in [1.807, 2.05) is 19.9 Å². The summed E-state index contributed by atoms with van der Waals surface area (Å²) in [6.45, 7) is 11.1. The summed E-state index contributed by atoms with van der Waals surface area (Å²) in [5.41, 5.74) is 0.283. The molecule has 9 atom stereocenters. The van der Waals surface area contributed by atoms with E-state index in [1.165, 1.54) is 13.0 Å². The predicted molar refractivity (Wildman–Crippen MR) is 133 cm³/mol. The molecule has 3 N–H and O–H groups in total. The molecular formula is C27H41NO8. The fraction of sp³-hybridized carbons (Fsp3) is 0.704. The van der Waals surface area contributed by atoms with Gasteiger partial charge in [-0.3, -0.25) is 9.59 Å². The number of carbonyl (C=O) groups excluding carboxylic acids is 2. The van der Waals surface area contributed by atoms with Gasteiger partial charge in [0.15, 0.2) is 5.79 Å². The second-order valence-electron chi connectivity index (χ2n) is 10.7. The summed E-state index contributed by atoms with van der Waals surface area (Å²) in [6.07, 6.45) is 8.33. The first-order chi connectivity index (χ1) is 16.8. The first kappa shape index (κ1) is 28.5. The molecule has 0 aromatic carbocycles. The van der Waals surface area contributed by atoms with Crippen LogP contribution in [0.3, 0.4) is 0 Å². The van der Waals surface area contributed by atoms with Crippen LogP contribution in [0, 0.1) is 5.92 Å². The number of carbonyl (C=O) groups is 2. The van der Waals surface area contributed by atoms with E-state index in [0.717, 1.165) is 12.0 Å². The Labute approximate surface area is 213 Å². The normalized spacial score (nSPS) is 39.9. The van der Waals surface area contributed by atoms with Crippen LogP contribution in [0.5, 0.6) is 0 Å². The van der Waals surface area contributed by atoms with Gasteiger partial charge in [0.05, 0.1) is 24.9 Å². The van der Waals surface area contributed by atoms with Gasteiger partial charge in [-0.1, -0.05) is 30.7 Å². The topological polar surface area (TPSA) is 127 Å². The maximum atomic E-state index is 12.3. The van der Waals surface area contributed by atoms with Gasteiger partial charge in [-0.05, 0) is 52.5 Å². The summed E-state index contributed by atoms with van der Waals surface area (Å²) < 4.78 is 22.3. The van der Waals surface area contributed by atoms with Crippen molar-refractivity contribution in [2.24, 2.45) is 5.92 Å². The Morgan fingerprint density at radius 2 is 1.94 bits per heavy atom. The van der Waals surface area contributed by atoms with E-state index in [-0.39, 0.29) is 36.5 Å². The highest BCUT2D eigenvalue weighted by molar-refractivity contribution is 5.87. The SMILES string of the molecule is CC(=O)O[C@@H](C)/C=C\C(=O)N[C@H]1C[C@H](C)[C@H](C/C=C(C)/C=C/[C@H]2O[C@](C)(O)C[C@@]3(CO3)[C@@H]2O)O[C@@H]1C. The van der Waals surface area contributed by atoms with Gasteiger partial charge in [0.1, 0.15) is 23.9 Å². The van der Waals surface area contributed by atoms with Gasteiger partial charge >= 0.3 is 5.97 Å².